The molecule has 206 valence electrons. The highest BCUT2D eigenvalue weighted by atomic mass is 19.4. The first kappa shape index (κ1) is 26.6. The number of nitrogens with one attached hydrogen (secondary N) is 2. The SMILES string of the molecule is Cc1c(N2CCc3ccc(C(F)(F)F)cc3C2)nc(=O)[nH]c1C(=O)N1CCC(NC2CCOCC2F)CC1. The number of aromatic nitrogens is 2. The summed E-state index contributed by atoms with van der Waals surface area (Å²) in [4.78, 5) is 35.9. The summed E-state index contributed by atoms with van der Waals surface area (Å²) in [6.45, 7) is 3.83. The molecule has 1 aromatic heterocycles. The highest BCUT2D eigenvalue weighted by Crippen LogP contribution is 2.33. The molecule has 0 aliphatic carbocycles. The van der Waals surface area contributed by atoms with Gasteiger partial charge in [-0.25, -0.2) is 9.18 Å². The predicted octanol–water partition coefficient (Wildman–Crippen LogP) is 2.98. The number of hydrogen-bond acceptors (Lipinski definition) is 6. The minimum atomic E-state index is -4.45. The van der Waals surface area contributed by atoms with Gasteiger partial charge in [-0.3, -0.25) is 4.79 Å². The topological polar surface area (TPSA) is 90.6 Å². The summed E-state index contributed by atoms with van der Waals surface area (Å²) in [5.74, 6) is -0.0295. The Bertz CT molecular complexity index is 1240. The molecule has 5 rings (SSSR count). The summed E-state index contributed by atoms with van der Waals surface area (Å²) < 4.78 is 59.0. The summed E-state index contributed by atoms with van der Waals surface area (Å²) in [7, 11) is 0. The van der Waals surface area contributed by atoms with Gasteiger partial charge in [0.15, 0.2) is 0 Å². The zero-order valence-corrected chi connectivity index (χ0v) is 21.1. The molecular weight excluding hydrogens is 506 g/mol. The summed E-state index contributed by atoms with van der Waals surface area (Å²) in [6.07, 6.45) is -3.08. The molecule has 12 heteroatoms. The molecule has 1 amide bonds. The summed E-state index contributed by atoms with van der Waals surface area (Å²) in [6, 6.07) is 3.55. The molecule has 4 heterocycles. The summed E-state index contributed by atoms with van der Waals surface area (Å²) in [5, 5.41) is 3.36. The number of fused-ring (bicyclic) bond motifs is 1. The van der Waals surface area contributed by atoms with Gasteiger partial charge in [-0.2, -0.15) is 18.2 Å². The van der Waals surface area contributed by atoms with Crippen LogP contribution < -0.4 is 15.9 Å². The van der Waals surface area contributed by atoms with Gasteiger partial charge in [0.2, 0.25) is 0 Å². The highest BCUT2D eigenvalue weighted by Gasteiger charge is 2.33. The third-order valence-electron chi connectivity index (χ3n) is 7.73. The molecule has 2 unspecified atom stereocenters. The van der Waals surface area contributed by atoms with Crippen molar-refractivity contribution < 1.29 is 27.1 Å². The predicted molar refractivity (Wildman–Crippen MR) is 132 cm³/mol. The Morgan fingerprint density at radius 3 is 2.63 bits per heavy atom. The van der Waals surface area contributed by atoms with Crippen molar-refractivity contribution >= 4 is 11.7 Å². The average Bonchev–Trinajstić information content (AvgIpc) is 2.90. The molecule has 3 aliphatic rings. The number of carbonyl (C=O) groups is 1. The zero-order chi connectivity index (χ0) is 27.0. The number of benzene rings is 1. The van der Waals surface area contributed by atoms with Gasteiger partial charge in [-0.15, -0.1) is 0 Å². The van der Waals surface area contributed by atoms with E-state index in [2.05, 4.69) is 15.3 Å². The van der Waals surface area contributed by atoms with E-state index in [0.29, 0.717) is 68.9 Å². The summed E-state index contributed by atoms with van der Waals surface area (Å²) in [5.41, 5.74) is 0.553. The Hall–Kier alpha value is -2.99. The minimum absolute atomic E-state index is 0.0866. The van der Waals surface area contributed by atoms with Crippen molar-refractivity contribution in [2.24, 2.45) is 0 Å². The molecular formula is C26H31F4N5O3. The van der Waals surface area contributed by atoms with Crippen LogP contribution in [0.15, 0.2) is 23.0 Å². The third kappa shape index (κ3) is 5.56. The number of ether oxygens (including phenoxy) is 1. The molecule has 38 heavy (non-hydrogen) atoms. The van der Waals surface area contributed by atoms with Crippen molar-refractivity contribution in [1.82, 2.24) is 20.2 Å². The van der Waals surface area contributed by atoms with Gasteiger partial charge in [0, 0.05) is 50.4 Å². The van der Waals surface area contributed by atoms with Crippen LogP contribution in [0, 0.1) is 6.92 Å². The first-order chi connectivity index (χ1) is 18.1. The molecule has 3 aliphatic heterocycles. The number of piperidine rings is 1. The quantitative estimate of drug-likeness (QED) is 0.583. The van der Waals surface area contributed by atoms with Gasteiger partial charge in [0.05, 0.1) is 12.2 Å². The number of carbonyl (C=O) groups excluding carboxylic acids is 1. The second-order valence-electron chi connectivity index (χ2n) is 10.2. The molecule has 2 N–H and O–H groups in total. The molecule has 0 bridgehead atoms. The minimum Gasteiger partial charge on any atom is -0.378 e. The highest BCUT2D eigenvalue weighted by molar-refractivity contribution is 5.94. The van der Waals surface area contributed by atoms with Gasteiger partial charge in [-0.05, 0) is 55.9 Å². The van der Waals surface area contributed by atoms with Crippen LogP contribution in [0.25, 0.3) is 0 Å². The molecule has 2 fully saturated rings. The van der Waals surface area contributed by atoms with Crippen molar-refractivity contribution in [3.8, 4) is 0 Å². The number of alkyl halides is 4. The Morgan fingerprint density at radius 2 is 1.92 bits per heavy atom. The van der Waals surface area contributed by atoms with E-state index in [1.807, 2.05) is 0 Å². The number of nitrogens with zero attached hydrogens (tertiary/aromatic N) is 3. The molecule has 2 atom stereocenters. The fourth-order valence-corrected chi connectivity index (χ4v) is 5.56. The monoisotopic (exact) mass is 537 g/mol. The fraction of sp³-hybridized carbons (Fsp3) is 0.577. The smallest absolute Gasteiger partial charge is 0.378 e. The Labute approximate surface area is 217 Å². The van der Waals surface area contributed by atoms with Crippen LogP contribution in [0.3, 0.4) is 0 Å². The number of amides is 1. The van der Waals surface area contributed by atoms with Crippen molar-refractivity contribution in [2.75, 3.05) is 37.7 Å². The van der Waals surface area contributed by atoms with E-state index in [0.717, 1.165) is 17.7 Å². The molecule has 0 radical (unpaired) electrons. The number of aromatic amines is 1. The second-order valence-corrected chi connectivity index (χ2v) is 10.2. The summed E-state index contributed by atoms with van der Waals surface area (Å²) >= 11 is 0. The van der Waals surface area contributed by atoms with E-state index in [1.54, 1.807) is 16.7 Å². The third-order valence-corrected chi connectivity index (χ3v) is 7.73. The van der Waals surface area contributed by atoms with Crippen LogP contribution in [0.1, 0.15) is 52.0 Å². The van der Waals surface area contributed by atoms with Crippen LogP contribution in [0.4, 0.5) is 23.4 Å². The Morgan fingerprint density at radius 1 is 1.16 bits per heavy atom. The standard InChI is InChI=1S/C26H31F4N5O3/c1-15-22(24(36)34-9-5-19(6-10-34)31-21-7-11-38-14-20(21)27)32-25(37)33-23(15)35-8-4-16-2-3-18(26(28,29)30)12-17(16)13-35/h2-3,12,19-21,31H,4-11,13-14H2,1H3,(H,32,33,37). The van der Waals surface area contributed by atoms with Crippen LogP contribution in [0.5, 0.6) is 0 Å². The maximum absolute atomic E-state index is 14.1. The molecule has 2 aromatic rings. The normalized spacial score (nSPS) is 22.9. The first-order valence-corrected chi connectivity index (χ1v) is 12.9. The number of H-pyrrole nitrogens is 1. The van der Waals surface area contributed by atoms with Crippen LogP contribution >= 0.6 is 0 Å². The fourth-order valence-electron chi connectivity index (χ4n) is 5.56. The molecule has 2 saturated heterocycles. The van der Waals surface area contributed by atoms with E-state index in [1.165, 1.54) is 6.07 Å². The zero-order valence-electron chi connectivity index (χ0n) is 21.1. The largest absolute Gasteiger partial charge is 0.416 e. The van der Waals surface area contributed by atoms with E-state index in [-0.39, 0.29) is 36.8 Å². The lowest BCUT2D eigenvalue weighted by atomic mass is 9.96. The second kappa shape index (κ2) is 10.6. The molecule has 1 aromatic carbocycles. The average molecular weight is 538 g/mol. The lowest BCUT2D eigenvalue weighted by Crippen LogP contribution is -2.52. The lowest BCUT2D eigenvalue weighted by Gasteiger charge is -2.36. The van der Waals surface area contributed by atoms with Crippen LogP contribution in [-0.2, 0) is 23.9 Å². The number of halogens is 4. The molecule has 0 saturated carbocycles. The number of likely N-dealkylation sites (tertiary alicyclic amines) is 1. The van der Waals surface area contributed by atoms with Crippen molar-refractivity contribution in [3.05, 3.63) is 56.6 Å². The number of anilines is 1. The van der Waals surface area contributed by atoms with Gasteiger partial charge in [-0.1, -0.05) is 6.07 Å². The van der Waals surface area contributed by atoms with Gasteiger partial charge >= 0.3 is 11.9 Å². The maximum atomic E-state index is 14.1. The van der Waals surface area contributed by atoms with E-state index in [4.69, 9.17) is 4.74 Å². The van der Waals surface area contributed by atoms with E-state index >= 15 is 0 Å². The lowest BCUT2D eigenvalue weighted by molar-refractivity contribution is -0.137. The maximum Gasteiger partial charge on any atom is 0.416 e. The van der Waals surface area contributed by atoms with Gasteiger partial charge in [0.25, 0.3) is 5.91 Å². The van der Waals surface area contributed by atoms with Crippen molar-refractivity contribution in [1.29, 1.82) is 0 Å². The Kier molecular flexibility index (Phi) is 7.45. The van der Waals surface area contributed by atoms with Crippen molar-refractivity contribution in [2.45, 2.75) is 63.6 Å². The number of rotatable bonds is 4. The molecule has 0 spiro atoms. The Balaban J connectivity index is 1.29. The van der Waals surface area contributed by atoms with Gasteiger partial charge in [0.1, 0.15) is 17.7 Å². The van der Waals surface area contributed by atoms with E-state index < -0.39 is 23.6 Å². The van der Waals surface area contributed by atoms with Crippen molar-refractivity contribution in [3.63, 3.8) is 0 Å². The van der Waals surface area contributed by atoms with Crippen LogP contribution in [-0.4, -0.2) is 71.9 Å². The van der Waals surface area contributed by atoms with Crippen LogP contribution in [0.2, 0.25) is 0 Å². The number of hydrogen-bond donors (Lipinski definition) is 2. The van der Waals surface area contributed by atoms with E-state index in [9.17, 15) is 27.2 Å². The first-order valence-electron chi connectivity index (χ1n) is 12.9. The van der Waals surface area contributed by atoms with Gasteiger partial charge < -0.3 is 24.8 Å². The molecule has 8 nitrogen and oxygen atoms in total.